The molecule has 134 valence electrons. The summed E-state index contributed by atoms with van der Waals surface area (Å²) in [6.07, 6.45) is 0.853. The van der Waals surface area contributed by atoms with Crippen LogP contribution >= 0.6 is 15.9 Å². The molecule has 0 aliphatic carbocycles. The molecule has 1 aliphatic rings. The molecule has 1 aliphatic heterocycles. The largest absolute Gasteiger partial charge is 0.494 e. The third-order valence-electron chi connectivity index (χ3n) is 4.55. The van der Waals surface area contributed by atoms with E-state index in [9.17, 15) is 0 Å². The highest BCUT2D eigenvalue weighted by molar-refractivity contribution is 9.10. The van der Waals surface area contributed by atoms with Crippen molar-refractivity contribution in [3.8, 4) is 5.75 Å². The molecule has 0 fully saturated rings. The Morgan fingerprint density at radius 3 is 2.54 bits per heavy atom. The number of fused-ring (bicyclic) bond motifs is 1. The third-order valence-corrected chi connectivity index (χ3v) is 5.08. The molecular formula is C19H20BrN5O. The van der Waals surface area contributed by atoms with Gasteiger partial charge in [-0.15, -0.1) is 5.10 Å². The topological polar surface area (TPSA) is 78.0 Å². The number of aromatic nitrogens is 3. The molecule has 26 heavy (non-hydrogen) atoms. The first-order chi connectivity index (χ1) is 12.6. The molecular weight excluding hydrogens is 394 g/mol. The van der Waals surface area contributed by atoms with Crippen molar-refractivity contribution >= 4 is 27.8 Å². The van der Waals surface area contributed by atoms with Crippen LogP contribution in [0, 0.1) is 0 Å². The molecule has 2 aromatic carbocycles. The highest BCUT2D eigenvalue weighted by Gasteiger charge is 2.30. The summed E-state index contributed by atoms with van der Waals surface area (Å²) in [6, 6.07) is 16.7. The van der Waals surface area contributed by atoms with E-state index in [4.69, 9.17) is 10.5 Å². The van der Waals surface area contributed by atoms with Gasteiger partial charge in [-0.05, 0) is 48.7 Å². The van der Waals surface area contributed by atoms with Crippen LogP contribution in [0.2, 0.25) is 0 Å². The normalized spacial score (nSPS) is 18.8. The van der Waals surface area contributed by atoms with E-state index < -0.39 is 0 Å². The van der Waals surface area contributed by atoms with Crippen LogP contribution < -0.4 is 15.8 Å². The SMILES string of the molecule is CCOc1ccc([C@@H]2C[C@@H](c3ccc(Br)cc3)Nc3nc(N)nn32)cc1. The maximum atomic E-state index is 5.86. The number of hydrogen-bond donors (Lipinski definition) is 2. The fourth-order valence-corrected chi connectivity index (χ4v) is 3.60. The van der Waals surface area contributed by atoms with Gasteiger partial charge in [0.25, 0.3) is 0 Å². The van der Waals surface area contributed by atoms with Crippen LogP contribution in [0.3, 0.4) is 0 Å². The first-order valence-electron chi connectivity index (χ1n) is 8.61. The van der Waals surface area contributed by atoms with E-state index >= 15 is 0 Å². The first kappa shape index (κ1) is 16.9. The van der Waals surface area contributed by atoms with E-state index in [1.165, 1.54) is 5.56 Å². The standard InChI is InChI=1S/C19H20BrN5O/c1-2-26-15-9-5-13(6-10-15)17-11-16(12-3-7-14(20)8-4-12)22-19-23-18(21)24-25(17)19/h3-10,16-17H,2,11H2,1H3,(H3,21,22,23,24)/t16-,17-/m0/s1. The van der Waals surface area contributed by atoms with Crippen molar-refractivity contribution in [2.24, 2.45) is 0 Å². The zero-order valence-electron chi connectivity index (χ0n) is 14.4. The van der Waals surface area contributed by atoms with E-state index in [0.29, 0.717) is 12.6 Å². The quantitative estimate of drug-likeness (QED) is 0.670. The van der Waals surface area contributed by atoms with Crippen LogP contribution in [0.15, 0.2) is 53.0 Å². The van der Waals surface area contributed by atoms with Gasteiger partial charge in [0.05, 0.1) is 18.7 Å². The van der Waals surface area contributed by atoms with Crippen LogP contribution in [-0.2, 0) is 0 Å². The average Bonchev–Trinajstić information content (AvgIpc) is 3.02. The lowest BCUT2D eigenvalue weighted by atomic mass is 9.93. The molecule has 0 amide bonds. The third kappa shape index (κ3) is 3.26. The van der Waals surface area contributed by atoms with Crippen LogP contribution in [0.25, 0.3) is 0 Å². The summed E-state index contributed by atoms with van der Waals surface area (Å²) in [4.78, 5) is 4.35. The van der Waals surface area contributed by atoms with Crippen molar-refractivity contribution in [3.05, 3.63) is 64.1 Å². The second-order valence-corrected chi connectivity index (χ2v) is 7.16. The number of anilines is 2. The van der Waals surface area contributed by atoms with E-state index in [0.717, 1.165) is 22.2 Å². The Bertz CT molecular complexity index is 891. The lowest BCUT2D eigenvalue weighted by Gasteiger charge is -2.31. The number of rotatable bonds is 4. The van der Waals surface area contributed by atoms with Crippen molar-refractivity contribution in [2.45, 2.75) is 25.4 Å². The molecule has 0 radical (unpaired) electrons. The summed E-state index contributed by atoms with van der Waals surface area (Å²) in [7, 11) is 0. The Kier molecular flexibility index (Phi) is 4.55. The van der Waals surface area contributed by atoms with Gasteiger partial charge >= 0.3 is 0 Å². The fraction of sp³-hybridized carbons (Fsp3) is 0.263. The Morgan fingerprint density at radius 2 is 1.85 bits per heavy atom. The van der Waals surface area contributed by atoms with Gasteiger partial charge in [0.15, 0.2) is 0 Å². The summed E-state index contributed by atoms with van der Waals surface area (Å²) < 4.78 is 8.49. The molecule has 3 aromatic rings. The molecule has 4 rings (SSSR count). The Morgan fingerprint density at radius 1 is 1.15 bits per heavy atom. The molecule has 0 saturated heterocycles. The molecule has 2 atom stereocenters. The summed E-state index contributed by atoms with van der Waals surface area (Å²) in [5.74, 6) is 1.84. The number of nitrogens with one attached hydrogen (secondary N) is 1. The van der Waals surface area contributed by atoms with E-state index in [1.807, 2.05) is 23.7 Å². The monoisotopic (exact) mass is 413 g/mol. The van der Waals surface area contributed by atoms with Crippen molar-refractivity contribution in [3.63, 3.8) is 0 Å². The minimum absolute atomic E-state index is 0.0559. The van der Waals surface area contributed by atoms with Gasteiger partial charge in [0.2, 0.25) is 11.9 Å². The molecule has 3 N–H and O–H groups in total. The van der Waals surface area contributed by atoms with Crippen LogP contribution in [0.5, 0.6) is 5.75 Å². The second kappa shape index (κ2) is 6.99. The average molecular weight is 414 g/mol. The number of halogens is 1. The number of ether oxygens (including phenoxy) is 1. The van der Waals surface area contributed by atoms with Crippen molar-refractivity contribution < 1.29 is 4.74 Å². The highest BCUT2D eigenvalue weighted by atomic mass is 79.9. The number of benzene rings is 2. The number of nitrogens with two attached hydrogens (primary N) is 1. The zero-order valence-corrected chi connectivity index (χ0v) is 16.0. The molecule has 7 heteroatoms. The van der Waals surface area contributed by atoms with E-state index in [-0.39, 0.29) is 18.0 Å². The van der Waals surface area contributed by atoms with E-state index in [1.54, 1.807) is 0 Å². The summed E-state index contributed by atoms with van der Waals surface area (Å²) in [6.45, 7) is 2.64. The van der Waals surface area contributed by atoms with Gasteiger partial charge in [-0.1, -0.05) is 40.2 Å². The van der Waals surface area contributed by atoms with Gasteiger partial charge in [-0.3, -0.25) is 0 Å². The van der Waals surface area contributed by atoms with Gasteiger partial charge < -0.3 is 15.8 Å². The van der Waals surface area contributed by atoms with Crippen molar-refractivity contribution in [1.82, 2.24) is 14.8 Å². The summed E-state index contributed by atoms with van der Waals surface area (Å²) in [5, 5.41) is 7.85. The van der Waals surface area contributed by atoms with Gasteiger partial charge in [-0.25, -0.2) is 4.68 Å². The lowest BCUT2D eigenvalue weighted by molar-refractivity contribution is 0.340. The molecule has 1 aromatic heterocycles. The predicted octanol–water partition coefficient (Wildman–Crippen LogP) is 4.17. The number of nitrogens with zero attached hydrogens (tertiary/aromatic N) is 3. The first-order valence-corrected chi connectivity index (χ1v) is 9.40. The van der Waals surface area contributed by atoms with Crippen LogP contribution in [0.1, 0.15) is 36.6 Å². The van der Waals surface area contributed by atoms with Crippen LogP contribution in [0.4, 0.5) is 11.9 Å². The van der Waals surface area contributed by atoms with Gasteiger partial charge in [0, 0.05) is 4.47 Å². The Labute approximate surface area is 160 Å². The Hall–Kier alpha value is -2.54. The molecule has 2 heterocycles. The summed E-state index contributed by atoms with van der Waals surface area (Å²) >= 11 is 3.49. The second-order valence-electron chi connectivity index (χ2n) is 6.24. The molecule has 0 unspecified atom stereocenters. The minimum Gasteiger partial charge on any atom is -0.494 e. The molecule has 0 spiro atoms. The summed E-state index contributed by atoms with van der Waals surface area (Å²) in [5.41, 5.74) is 8.22. The maximum Gasteiger partial charge on any atom is 0.241 e. The molecule has 0 saturated carbocycles. The lowest BCUT2D eigenvalue weighted by Crippen LogP contribution is -2.28. The molecule has 0 bridgehead atoms. The zero-order chi connectivity index (χ0) is 18.1. The van der Waals surface area contributed by atoms with Gasteiger partial charge in [-0.2, -0.15) is 4.98 Å². The Balaban J connectivity index is 1.69. The maximum absolute atomic E-state index is 5.86. The predicted molar refractivity (Wildman–Crippen MR) is 105 cm³/mol. The smallest absolute Gasteiger partial charge is 0.241 e. The minimum atomic E-state index is 0.0559. The number of hydrogen-bond acceptors (Lipinski definition) is 5. The van der Waals surface area contributed by atoms with E-state index in [2.05, 4.69) is 67.7 Å². The molecule has 6 nitrogen and oxygen atoms in total. The van der Waals surface area contributed by atoms with Crippen LogP contribution in [-0.4, -0.2) is 21.4 Å². The highest BCUT2D eigenvalue weighted by Crippen LogP contribution is 2.38. The van der Waals surface area contributed by atoms with Gasteiger partial charge in [0.1, 0.15) is 5.75 Å². The fourth-order valence-electron chi connectivity index (χ4n) is 3.34. The van der Waals surface area contributed by atoms with Crippen molar-refractivity contribution in [1.29, 1.82) is 0 Å². The van der Waals surface area contributed by atoms with Crippen molar-refractivity contribution in [2.75, 3.05) is 17.7 Å². The number of nitrogen functional groups attached to an aromatic ring is 1.